The van der Waals surface area contributed by atoms with Gasteiger partial charge in [0.05, 0.1) is 40.8 Å². The predicted molar refractivity (Wildman–Crippen MR) is 145 cm³/mol. The molecular weight excluding hydrogens is 492 g/mol. The van der Waals surface area contributed by atoms with E-state index in [0.717, 1.165) is 17.0 Å². The van der Waals surface area contributed by atoms with E-state index in [2.05, 4.69) is 15.0 Å². The number of hydrogen-bond acceptors (Lipinski definition) is 8. The van der Waals surface area contributed by atoms with E-state index in [4.69, 9.17) is 4.74 Å². The summed E-state index contributed by atoms with van der Waals surface area (Å²) < 4.78 is 5.81. The summed E-state index contributed by atoms with van der Waals surface area (Å²) in [5, 5.41) is 28.4. The van der Waals surface area contributed by atoms with E-state index in [1.54, 1.807) is 39.8 Å². The van der Waals surface area contributed by atoms with Gasteiger partial charge in [0.25, 0.3) is 0 Å². The molecule has 6 atom stereocenters. The number of hydrogen-bond donors (Lipinski definition) is 2. The molecule has 204 valence electrons. The number of rotatable bonds is 3. The molecule has 10 heteroatoms. The van der Waals surface area contributed by atoms with Gasteiger partial charge < -0.3 is 14.9 Å². The number of azide groups is 1. The maximum atomic E-state index is 13.2. The SMILES string of the molecule is C/C1=C/C(N=[N+]=[N-])C(/C(C)=C/c2csc(C)n2)OC(=O)CC(O)C(C)(C)C(=O)C(C)C(O)C(C)CCC1. The zero-order chi connectivity index (χ0) is 27.9. The maximum absolute atomic E-state index is 13.2. The maximum Gasteiger partial charge on any atom is 0.309 e. The molecule has 1 aromatic heterocycles. The molecule has 0 aliphatic carbocycles. The quantitative estimate of drug-likeness (QED) is 0.171. The summed E-state index contributed by atoms with van der Waals surface area (Å²) in [6, 6.07) is -0.812. The molecule has 9 nitrogen and oxygen atoms in total. The first kappa shape index (κ1) is 30.7. The lowest BCUT2D eigenvalue weighted by molar-refractivity contribution is -0.154. The minimum absolute atomic E-state index is 0.134. The first-order valence-corrected chi connectivity index (χ1v) is 13.6. The van der Waals surface area contributed by atoms with Crippen LogP contribution >= 0.6 is 11.3 Å². The Hall–Kier alpha value is -2.52. The molecule has 0 spiro atoms. The molecule has 0 aromatic carbocycles. The van der Waals surface area contributed by atoms with Gasteiger partial charge in [-0.1, -0.05) is 44.5 Å². The van der Waals surface area contributed by atoms with E-state index in [-0.39, 0.29) is 11.7 Å². The average Bonchev–Trinajstić information content (AvgIpc) is 3.24. The van der Waals surface area contributed by atoms with E-state index in [1.165, 1.54) is 11.3 Å². The topological polar surface area (TPSA) is 145 Å². The Labute approximate surface area is 223 Å². The normalized spacial score (nSPS) is 32.1. The minimum Gasteiger partial charge on any atom is -0.457 e. The number of allylic oxidation sites excluding steroid dienone is 1. The molecule has 1 aliphatic heterocycles. The molecule has 2 N–H and O–H groups in total. The van der Waals surface area contributed by atoms with Gasteiger partial charge in [-0.25, -0.2) is 4.98 Å². The van der Waals surface area contributed by atoms with E-state index in [1.807, 2.05) is 26.2 Å². The lowest BCUT2D eigenvalue weighted by atomic mass is 9.73. The lowest BCUT2D eigenvalue weighted by Gasteiger charge is -2.34. The van der Waals surface area contributed by atoms with Crippen molar-refractivity contribution in [3.05, 3.63) is 43.7 Å². The van der Waals surface area contributed by atoms with Crippen molar-refractivity contribution in [1.82, 2.24) is 4.98 Å². The summed E-state index contributed by atoms with van der Waals surface area (Å²) in [6.45, 7) is 12.3. The van der Waals surface area contributed by atoms with E-state index < -0.39 is 48.1 Å². The minimum atomic E-state index is -1.33. The van der Waals surface area contributed by atoms with Crippen LogP contribution in [0.25, 0.3) is 16.5 Å². The van der Waals surface area contributed by atoms with Gasteiger partial charge in [0.15, 0.2) is 0 Å². The molecule has 1 aromatic rings. The number of aliphatic hydroxyl groups excluding tert-OH is 2. The van der Waals surface area contributed by atoms with Crippen molar-refractivity contribution >= 4 is 29.2 Å². The highest BCUT2D eigenvalue weighted by Crippen LogP contribution is 2.33. The molecule has 0 saturated heterocycles. The molecule has 1 aliphatic rings. The van der Waals surface area contributed by atoms with Crippen LogP contribution in [0.1, 0.15) is 77.9 Å². The van der Waals surface area contributed by atoms with Gasteiger partial charge in [-0.05, 0) is 63.1 Å². The average molecular weight is 533 g/mol. The van der Waals surface area contributed by atoms with Crippen LogP contribution in [0.15, 0.2) is 27.7 Å². The number of aromatic nitrogens is 1. The number of aryl methyl sites for hydroxylation is 1. The van der Waals surface area contributed by atoms with Crippen LogP contribution in [0, 0.1) is 24.2 Å². The number of ether oxygens (including phenoxy) is 1. The Morgan fingerprint density at radius 1 is 1.30 bits per heavy atom. The molecule has 0 bridgehead atoms. The molecular formula is C27H40N4O5S. The Morgan fingerprint density at radius 2 is 1.97 bits per heavy atom. The number of cyclic esters (lactones) is 1. The van der Waals surface area contributed by atoms with Crippen LogP contribution in [-0.2, 0) is 14.3 Å². The van der Waals surface area contributed by atoms with Crippen molar-refractivity contribution in [1.29, 1.82) is 0 Å². The van der Waals surface area contributed by atoms with Gasteiger partial charge in [-0.2, -0.15) is 0 Å². The molecule has 0 fully saturated rings. The molecule has 2 heterocycles. The van der Waals surface area contributed by atoms with Crippen molar-refractivity contribution in [2.45, 2.75) is 98.5 Å². The molecule has 0 amide bonds. The van der Waals surface area contributed by atoms with Crippen molar-refractivity contribution in [2.24, 2.45) is 22.4 Å². The lowest BCUT2D eigenvalue weighted by Crippen LogP contribution is -2.46. The molecule has 37 heavy (non-hydrogen) atoms. The number of aliphatic hydroxyl groups is 2. The van der Waals surface area contributed by atoms with Crippen molar-refractivity contribution in [3.63, 3.8) is 0 Å². The third-order valence-corrected chi connectivity index (χ3v) is 8.03. The fourth-order valence-corrected chi connectivity index (χ4v) is 5.26. The number of carbonyl (C=O) groups is 2. The smallest absolute Gasteiger partial charge is 0.309 e. The number of carbonyl (C=O) groups excluding carboxylic acids is 2. The largest absolute Gasteiger partial charge is 0.457 e. The van der Waals surface area contributed by atoms with E-state index in [9.17, 15) is 25.3 Å². The van der Waals surface area contributed by atoms with E-state index in [0.29, 0.717) is 24.1 Å². The van der Waals surface area contributed by atoms with Gasteiger partial charge in [-0.3, -0.25) is 9.59 Å². The van der Waals surface area contributed by atoms with Crippen LogP contribution < -0.4 is 0 Å². The fourth-order valence-electron chi connectivity index (χ4n) is 4.68. The molecule has 2 rings (SSSR count). The number of ketones is 1. The summed E-state index contributed by atoms with van der Waals surface area (Å²) in [5.41, 5.74) is 10.3. The summed E-state index contributed by atoms with van der Waals surface area (Å²) >= 11 is 1.49. The van der Waals surface area contributed by atoms with Gasteiger partial charge in [0, 0.05) is 16.2 Å². The first-order chi connectivity index (χ1) is 17.3. The fraction of sp³-hybridized carbons (Fsp3) is 0.667. The van der Waals surface area contributed by atoms with Gasteiger partial charge >= 0.3 is 5.97 Å². The standard InChI is InChI=1S/C27H40N4O5S/c1-15-9-8-10-16(2)24(34)18(4)26(35)27(6,7)22(32)13-23(33)36-25(21(11-15)30-31-28)17(3)12-20-14-37-19(5)29-20/h11-12,14,16,18,21-22,24-25,32,34H,8-10,13H2,1-7H3/b15-11-,17-12+. The summed E-state index contributed by atoms with van der Waals surface area (Å²) in [7, 11) is 0. The Morgan fingerprint density at radius 3 is 2.57 bits per heavy atom. The number of nitrogens with zero attached hydrogens (tertiary/aromatic N) is 4. The van der Waals surface area contributed by atoms with Crippen LogP contribution in [0.5, 0.6) is 0 Å². The molecule has 0 radical (unpaired) electrons. The summed E-state index contributed by atoms with van der Waals surface area (Å²) in [4.78, 5) is 33.7. The third-order valence-electron chi connectivity index (χ3n) is 7.24. The van der Waals surface area contributed by atoms with Crippen molar-refractivity contribution in [3.8, 4) is 0 Å². The van der Waals surface area contributed by atoms with Gasteiger partial charge in [-0.15, -0.1) is 11.3 Å². The van der Waals surface area contributed by atoms with Crippen LogP contribution in [0.2, 0.25) is 0 Å². The number of thiazole rings is 1. The Bertz CT molecular complexity index is 1070. The third kappa shape index (κ3) is 8.23. The zero-order valence-corrected chi connectivity index (χ0v) is 23.7. The molecule has 0 saturated carbocycles. The Balaban J connectivity index is 2.51. The zero-order valence-electron chi connectivity index (χ0n) is 22.8. The summed E-state index contributed by atoms with van der Waals surface area (Å²) in [5.74, 6) is -1.87. The number of esters is 1. The van der Waals surface area contributed by atoms with Crippen LogP contribution in [0.4, 0.5) is 0 Å². The first-order valence-electron chi connectivity index (χ1n) is 12.7. The highest BCUT2D eigenvalue weighted by atomic mass is 32.1. The predicted octanol–water partition coefficient (Wildman–Crippen LogP) is 5.56. The van der Waals surface area contributed by atoms with Crippen molar-refractivity contribution < 1.29 is 24.5 Å². The van der Waals surface area contributed by atoms with Crippen LogP contribution in [-0.4, -0.2) is 51.3 Å². The number of Topliss-reactive ketones (excluding diaryl/α,β-unsaturated/α-hetero) is 1. The van der Waals surface area contributed by atoms with Gasteiger partial charge in [0.2, 0.25) is 0 Å². The van der Waals surface area contributed by atoms with Gasteiger partial charge in [0.1, 0.15) is 11.9 Å². The highest BCUT2D eigenvalue weighted by Gasteiger charge is 2.42. The van der Waals surface area contributed by atoms with Crippen LogP contribution in [0.3, 0.4) is 0 Å². The second-order valence-corrected chi connectivity index (χ2v) is 11.8. The Kier molecular flexibility index (Phi) is 11.1. The summed E-state index contributed by atoms with van der Waals surface area (Å²) in [6.07, 6.45) is 2.19. The van der Waals surface area contributed by atoms with Crippen molar-refractivity contribution in [2.75, 3.05) is 0 Å². The van der Waals surface area contributed by atoms with E-state index >= 15 is 0 Å². The molecule has 6 unspecified atom stereocenters. The monoisotopic (exact) mass is 532 g/mol. The highest BCUT2D eigenvalue weighted by molar-refractivity contribution is 7.09. The second-order valence-electron chi connectivity index (χ2n) is 10.8. The second kappa shape index (κ2) is 13.3.